The highest BCUT2D eigenvalue weighted by Crippen LogP contribution is 2.18. The molecule has 1 aromatic rings. The van der Waals surface area contributed by atoms with E-state index in [9.17, 15) is 4.79 Å². The summed E-state index contributed by atoms with van der Waals surface area (Å²) in [6.07, 6.45) is 3.35. The minimum Gasteiger partial charge on any atom is -0.489 e. The quantitative estimate of drug-likeness (QED) is 0.573. The number of hydrogen-bond donors (Lipinski definition) is 0. The van der Waals surface area contributed by atoms with E-state index in [0.717, 1.165) is 12.2 Å². The summed E-state index contributed by atoms with van der Waals surface area (Å²) in [5.74, 6) is 0.585. The molecule has 0 aliphatic carbocycles. The van der Waals surface area contributed by atoms with E-state index in [1.807, 2.05) is 31.2 Å². The van der Waals surface area contributed by atoms with Crippen LogP contribution in [-0.2, 0) is 16.0 Å². The van der Waals surface area contributed by atoms with Crippen molar-refractivity contribution in [3.05, 3.63) is 41.5 Å². The van der Waals surface area contributed by atoms with Crippen molar-refractivity contribution in [2.75, 3.05) is 13.7 Å². The fourth-order valence-electron chi connectivity index (χ4n) is 1.67. The number of esters is 1. The summed E-state index contributed by atoms with van der Waals surface area (Å²) in [6, 6.07) is 7.92. The average molecular weight is 248 g/mol. The molecule has 0 N–H and O–H groups in total. The van der Waals surface area contributed by atoms with Gasteiger partial charge in [-0.2, -0.15) is 0 Å². The third-order valence-corrected chi connectivity index (χ3v) is 2.75. The smallest absolute Gasteiger partial charge is 0.333 e. The first-order chi connectivity index (χ1) is 8.72. The average Bonchev–Trinajstić information content (AvgIpc) is 2.43. The summed E-state index contributed by atoms with van der Waals surface area (Å²) >= 11 is 0. The normalized spacial score (nSPS) is 11.2. The number of aryl methyl sites for hydroxylation is 1. The molecule has 18 heavy (non-hydrogen) atoms. The fraction of sp³-hybridized carbons (Fsp3) is 0.400. The van der Waals surface area contributed by atoms with Crippen LogP contribution in [0.4, 0.5) is 0 Å². The maximum Gasteiger partial charge on any atom is 0.333 e. The Bertz CT molecular complexity index is 422. The minimum absolute atomic E-state index is 0.287. The van der Waals surface area contributed by atoms with Crippen LogP contribution in [0.1, 0.15) is 25.8 Å². The molecule has 0 heterocycles. The molecule has 98 valence electrons. The summed E-state index contributed by atoms with van der Waals surface area (Å²) in [7, 11) is 1.39. The molecule has 0 aliphatic rings. The lowest BCUT2D eigenvalue weighted by Crippen LogP contribution is -2.06. The molecule has 3 nitrogen and oxygen atoms in total. The second-order valence-corrected chi connectivity index (χ2v) is 3.85. The van der Waals surface area contributed by atoms with Gasteiger partial charge in [0.25, 0.3) is 0 Å². The monoisotopic (exact) mass is 248 g/mol. The second kappa shape index (κ2) is 7.54. The highest BCUT2D eigenvalue weighted by Gasteiger charge is 2.06. The van der Waals surface area contributed by atoms with Crippen molar-refractivity contribution in [3.8, 4) is 5.75 Å². The number of methoxy groups -OCH3 is 1. The van der Waals surface area contributed by atoms with Crippen LogP contribution in [0.5, 0.6) is 5.75 Å². The lowest BCUT2D eigenvalue weighted by molar-refractivity contribution is -0.136. The molecule has 0 radical (unpaired) electrons. The molecular formula is C15H20O3. The van der Waals surface area contributed by atoms with Crippen LogP contribution in [0.3, 0.4) is 0 Å². The second-order valence-electron chi connectivity index (χ2n) is 3.85. The van der Waals surface area contributed by atoms with Gasteiger partial charge in [-0.3, -0.25) is 0 Å². The number of hydrogen-bond acceptors (Lipinski definition) is 3. The number of carbonyl (C=O) groups is 1. The number of benzene rings is 1. The van der Waals surface area contributed by atoms with Crippen LogP contribution >= 0.6 is 0 Å². The van der Waals surface area contributed by atoms with Gasteiger partial charge >= 0.3 is 5.97 Å². The molecule has 0 atom stereocenters. The third kappa shape index (κ3) is 3.91. The highest BCUT2D eigenvalue weighted by molar-refractivity contribution is 5.88. The largest absolute Gasteiger partial charge is 0.489 e. The van der Waals surface area contributed by atoms with Gasteiger partial charge in [-0.05, 0) is 30.5 Å². The van der Waals surface area contributed by atoms with E-state index in [0.29, 0.717) is 18.6 Å². The van der Waals surface area contributed by atoms with E-state index in [-0.39, 0.29) is 5.97 Å². The Morgan fingerprint density at radius 3 is 2.61 bits per heavy atom. The first-order valence-electron chi connectivity index (χ1n) is 6.20. The molecule has 0 fully saturated rings. The molecule has 1 rings (SSSR count). The van der Waals surface area contributed by atoms with Crippen molar-refractivity contribution in [2.24, 2.45) is 0 Å². The maximum absolute atomic E-state index is 11.4. The Kier molecular flexibility index (Phi) is 5.98. The van der Waals surface area contributed by atoms with E-state index in [1.165, 1.54) is 12.7 Å². The van der Waals surface area contributed by atoms with E-state index in [1.54, 1.807) is 6.08 Å². The van der Waals surface area contributed by atoms with Crippen molar-refractivity contribution in [1.29, 1.82) is 0 Å². The zero-order valence-electron chi connectivity index (χ0n) is 11.2. The standard InChI is InChI=1S/C15H20O3/c1-4-12-8-6-7-9-14(12)18-11-10-13(5-2)15(16)17-3/h6-10H,4-5,11H2,1-3H3. The van der Waals surface area contributed by atoms with Gasteiger partial charge in [-0.15, -0.1) is 0 Å². The molecule has 1 aromatic carbocycles. The first kappa shape index (κ1) is 14.3. The van der Waals surface area contributed by atoms with Crippen LogP contribution in [0.2, 0.25) is 0 Å². The molecule has 0 saturated carbocycles. The molecule has 0 bridgehead atoms. The van der Waals surface area contributed by atoms with Gasteiger partial charge in [0.2, 0.25) is 0 Å². The number of para-hydroxylation sites is 1. The van der Waals surface area contributed by atoms with Gasteiger partial charge in [0, 0.05) is 5.57 Å². The van der Waals surface area contributed by atoms with Gasteiger partial charge < -0.3 is 9.47 Å². The van der Waals surface area contributed by atoms with E-state index in [2.05, 4.69) is 11.7 Å². The molecule has 3 heteroatoms. The van der Waals surface area contributed by atoms with Crippen molar-refractivity contribution >= 4 is 5.97 Å². The predicted molar refractivity (Wildman–Crippen MR) is 71.7 cm³/mol. The van der Waals surface area contributed by atoms with Crippen molar-refractivity contribution in [2.45, 2.75) is 26.7 Å². The molecule has 0 spiro atoms. The lowest BCUT2D eigenvalue weighted by Gasteiger charge is -2.09. The van der Waals surface area contributed by atoms with Crippen LogP contribution in [0.25, 0.3) is 0 Å². The Balaban J connectivity index is 2.64. The number of ether oxygens (including phenoxy) is 2. The molecule has 0 amide bonds. The third-order valence-electron chi connectivity index (χ3n) is 2.75. The zero-order chi connectivity index (χ0) is 13.4. The van der Waals surface area contributed by atoms with Crippen LogP contribution < -0.4 is 4.74 Å². The molecule has 0 aromatic heterocycles. The van der Waals surface area contributed by atoms with E-state index in [4.69, 9.17) is 4.74 Å². The Hall–Kier alpha value is -1.77. The number of rotatable bonds is 6. The Morgan fingerprint density at radius 2 is 2.00 bits per heavy atom. The van der Waals surface area contributed by atoms with Gasteiger partial charge in [0.1, 0.15) is 12.4 Å². The van der Waals surface area contributed by atoms with Gasteiger partial charge in [-0.1, -0.05) is 32.0 Å². The maximum atomic E-state index is 11.4. The Labute approximate surface area is 108 Å². The topological polar surface area (TPSA) is 35.5 Å². The molecule has 0 unspecified atom stereocenters. The lowest BCUT2D eigenvalue weighted by atomic mass is 10.1. The van der Waals surface area contributed by atoms with Gasteiger partial charge in [0.05, 0.1) is 7.11 Å². The number of carbonyl (C=O) groups excluding carboxylic acids is 1. The van der Waals surface area contributed by atoms with E-state index < -0.39 is 0 Å². The Morgan fingerprint density at radius 1 is 1.28 bits per heavy atom. The first-order valence-corrected chi connectivity index (χ1v) is 6.20. The van der Waals surface area contributed by atoms with Crippen LogP contribution in [-0.4, -0.2) is 19.7 Å². The highest BCUT2D eigenvalue weighted by atomic mass is 16.5. The SMILES string of the molecule is CCC(=CCOc1ccccc1CC)C(=O)OC. The van der Waals surface area contributed by atoms with E-state index >= 15 is 0 Å². The summed E-state index contributed by atoms with van der Waals surface area (Å²) in [5.41, 5.74) is 1.81. The summed E-state index contributed by atoms with van der Waals surface area (Å²) < 4.78 is 10.4. The molecule has 0 aliphatic heterocycles. The summed E-state index contributed by atoms with van der Waals surface area (Å²) in [4.78, 5) is 11.4. The van der Waals surface area contributed by atoms with Crippen molar-refractivity contribution in [3.63, 3.8) is 0 Å². The predicted octanol–water partition coefficient (Wildman–Crippen LogP) is 3.14. The van der Waals surface area contributed by atoms with Crippen LogP contribution in [0, 0.1) is 0 Å². The van der Waals surface area contributed by atoms with Crippen molar-refractivity contribution in [1.82, 2.24) is 0 Å². The molecule has 0 saturated heterocycles. The van der Waals surface area contributed by atoms with Crippen LogP contribution in [0.15, 0.2) is 35.9 Å². The zero-order valence-corrected chi connectivity index (χ0v) is 11.2. The minimum atomic E-state index is -0.287. The summed E-state index contributed by atoms with van der Waals surface area (Å²) in [5, 5.41) is 0. The van der Waals surface area contributed by atoms with Crippen molar-refractivity contribution < 1.29 is 14.3 Å². The van der Waals surface area contributed by atoms with Gasteiger partial charge in [-0.25, -0.2) is 4.79 Å². The summed E-state index contributed by atoms with van der Waals surface area (Å²) in [6.45, 7) is 4.39. The fourth-order valence-corrected chi connectivity index (χ4v) is 1.67. The molecular weight excluding hydrogens is 228 g/mol. The van der Waals surface area contributed by atoms with Gasteiger partial charge in [0.15, 0.2) is 0 Å².